The Morgan fingerprint density at radius 3 is 2.35 bits per heavy atom. The van der Waals surface area contributed by atoms with Gasteiger partial charge in [-0.3, -0.25) is 0 Å². The second-order valence-electron chi connectivity index (χ2n) is 5.91. The SMILES string of the molecule is COc1ccc2cc(-c3[c]ccc4c(Br)c(OC)ccc34)ccc2c1Cl. The van der Waals surface area contributed by atoms with Crippen LogP contribution < -0.4 is 9.47 Å². The molecular formula is C22H15BrClO2. The van der Waals surface area contributed by atoms with E-state index in [1.165, 1.54) is 0 Å². The summed E-state index contributed by atoms with van der Waals surface area (Å²) < 4.78 is 11.7. The summed E-state index contributed by atoms with van der Waals surface area (Å²) >= 11 is 10.1. The molecule has 0 spiro atoms. The Kier molecular flexibility index (Phi) is 4.51. The molecule has 0 aliphatic heterocycles. The van der Waals surface area contributed by atoms with Gasteiger partial charge in [-0.25, -0.2) is 0 Å². The highest BCUT2D eigenvalue weighted by atomic mass is 79.9. The molecule has 2 nitrogen and oxygen atoms in total. The maximum absolute atomic E-state index is 6.44. The third-order valence-electron chi connectivity index (χ3n) is 4.54. The van der Waals surface area contributed by atoms with Gasteiger partial charge in [0.1, 0.15) is 11.5 Å². The molecule has 4 rings (SSSR count). The van der Waals surface area contributed by atoms with Gasteiger partial charge >= 0.3 is 0 Å². The molecule has 4 aromatic carbocycles. The van der Waals surface area contributed by atoms with Crippen LogP contribution in [0.3, 0.4) is 0 Å². The van der Waals surface area contributed by atoms with Crippen molar-refractivity contribution in [1.29, 1.82) is 0 Å². The second-order valence-corrected chi connectivity index (χ2v) is 7.08. The van der Waals surface area contributed by atoms with E-state index >= 15 is 0 Å². The second kappa shape index (κ2) is 6.82. The summed E-state index contributed by atoms with van der Waals surface area (Å²) in [4.78, 5) is 0. The van der Waals surface area contributed by atoms with E-state index in [0.29, 0.717) is 10.8 Å². The van der Waals surface area contributed by atoms with Crippen LogP contribution >= 0.6 is 27.5 Å². The Morgan fingerprint density at radius 1 is 0.846 bits per heavy atom. The van der Waals surface area contributed by atoms with Crippen LogP contribution in [0.25, 0.3) is 32.7 Å². The van der Waals surface area contributed by atoms with Crippen molar-refractivity contribution in [2.24, 2.45) is 0 Å². The van der Waals surface area contributed by atoms with Crippen LogP contribution in [0.4, 0.5) is 0 Å². The molecule has 0 saturated heterocycles. The van der Waals surface area contributed by atoms with Gasteiger partial charge in [-0.05, 0) is 68.2 Å². The normalized spacial score (nSPS) is 11.1. The van der Waals surface area contributed by atoms with Gasteiger partial charge in [-0.1, -0.05) is 41.9 Å². The molecule has 0 unspecified atom stereocenters. The van der Waals surface area contributed by atoms with Crippen LogP contribution in [0.15, 0.2) is 59.1 Å². The number of ether oxygens (including phenoxy) is 2. The summed E-state index contributed by atoms with van der Waals surface area (Å²) in [6.07, 6.45) is 0. The molecule has 4 aromatic rings. The number of hydrogen-bond donors (Lipinski definition) is 0. The number of fused-ring (bicyclic) bond motifs is 2. The van der Waals surface area contributed by atoms with E-state index in [1.54, 1.807) is 14.2 Å². The topological polar surface area (TPSA) is 18.5 Å². The lowest BCUT2D eigenvalue weighted by Gasteiger charge is -2.12. The molecule has 0 amide bonds. The Bertz CT molecular complexity index is 1140. The van der Waals surface area contributed by atoms with Crippen LogP contribution in [0, 0.1) is 6.07 Å². The van der Waals surface area contributed by atoms with Gasteiger partial charge < -0.3 is 9.47 Å². The predicted molar refractivity (Wildman–Crippen MR) is 112 cm³/mol. The maximum atomic E-state index is 6.44. The number of benzene rings is 4. The molecule has 0 heterocycles. The van der Waals surface area contributed by atoms with Crippen molar-refractivity contribution in [1.82, 2.24) is 0 Å². The summed E-state index contributed by atoms with van der Waals surface area (Å²) in [5.74, 6) is 1.49. The van der Waals surface area contributed by atoms with Gasteiger partial charge in [0.15, 0.2) is 0 Å². The quantitative estimate of drug-likeness (QED) is 0.355. The minimum absolute atomic E-state index is 0.630. The van der Waals surface area contributed by atoms with Gasteiger partial charge in [0.2, 0.25) is 0 Å². The monoisotopic (exact) mass is 425 g/mol. The van der Waals surface area contributed by atoms with Crippen LogP contribution in [-0.2, 0) is 0 Å². The number of hydrogen-bond acceptors (Lipinski definition) is 2. The van der Waals surface area contributed by atoms with Gasteiger partial charge in [0.25, 0.3) is 0 Å². The summed E-state index contributed by atoms with van der Waals surface area (Å²) in [6.45, 7) is 0. The molecule has 0 aromatic heterocycles. The zero-order valence-corrected chi connectivity index (χ0v) is 16.6. The zero-order valence-electron chi connectivity index (χ0n) is 14.3. The molecule has 0 aliphatic rings. The van der Waals surface area contributed by atoms with Crippen molar-refractivity contribution >= 4 is 49.1 Å². The van der Waals surface area contributed by atoms with Crippen molar-refractivity contribution in [3.63, 3.8) is 0 Å². The summed E-state index contributed by atoms with van der Waals surface area (Å²) in [7, 11) is 3.29. The van der Waals surface area contributed by atoms with Crippen molar-refractivity contribution in [3.05, 3.63) is 70.2 Å². The molecular weight excluding hydrogens is 412 g/mol. The average molecular weight is 427 g/mol. The number of halogens is 2. The maximum Gasteiger partial charge on any atom is 0.138 e. The first-order valence-corrected chi connectivity index (χ1v) is 9.24. The van der Waals surface area contributed by atoms with E-state index in [9.17, 15) is 0 Å². The lowest BCUT2D eigenvalue weighted by molar-refractivity contribution is 0.413. The minimum atomic E-state index is 0.630. The minimum Gasteiger partial charge on any atom is -0.496 e. The molecule has 0 atom stereocenters. The Balaban J connectivity index is 1.94. The van der Waals surface area contributed by atoms with Crippen LogP contribution in [0.2, 0.25) is 5.02 Å². The zero-order chi connectivity index (χ0) is 18.3. The molecule has 1 radical (unpaired) electrons. The van der Waals surface area contributed by atoms with E-state index in [4.69, 9.17) is 21.1 Å². The molecule has 0 N–H and O–H groups in total. The molecule has 129 valence electrons. The van der Waals surface area contributed by atoms with E-state index in [1.807, 2.05) is 36.4 Å². The Hall–Kier alpha value is -2.23. The average Bonchev–Trinajstić information content (AvgIpc) is 2.68. The Morgan fingerprint density at radius 2 is 1.58 bits per heavy atom. The third-order valence-corrected chi connectivity index (χ3v) is 5.75. The molecule has 4 heteroatoms. The first-order chi connectivity index (χ1) is 12.6. The molecule has 26 heavy (non-hydrogen) atoms. The first kappa shape index (κ1) is 17.2. The summed E-state index contributed by atoms with van der Waals surface area (Å²) in [5.41, 5.74) is 2.13. The summed E-state index contributed by atoms with van der Waals surface area (Å²) in [5, 5.41) is 4.86. The van der Waals surface area contributed by atoms with Crippen LogP contribution in [0.1, 0.15) is 0 Å². The lowest BCUT2D eigenvalue weighted by Crippen LogP contribution is -1.89. The van der Waals surface area contributed by atoms with Gasteiger partial charge in [0.05, 0.1) is 23.7 Å². The third kappa shape index (κ3) is 2.72. The molecule has 0 saturated carbocycles. The van der Waals surface area contributed by atoms with Crippen molar-refractivity contribution in [2.75, 3.05) is 14.2 Å². The van der Waals surface area contributed by atoms with Crippen molar-refractivity contribution in [2.45, 2.75) is 0 Å². The van der Waals surface area contributed by atoms with E-state index in [0.717, 1.165) is 42.9 Å². The number of rotatable bonds is 3. The van der Waals surface area contributed by atoms with E-state index < -0.39 is 0 Å². The van der Waals surface area contributed by atoms with Gasteiger partial charge in [0, 0.05) is 10.8 Å². The lowest BCUT2D eigenvalue weighted by atomic mass is 9.96. The van der Waals surface area contributed by atoms with Crippen molar-refractivity contribution < 1.29 is 9.47 Å². The van der Waals surface area contributed by atoms with Crippen LogP contribution in [-0.4, -0.2) is 14.2 Å². The fourth-order valence-electron chi connectivity index (χ4n) is 3.22. The van der Waals surface area contributed by atoms with Gasteiger partial charge in [-0.2, -0.15) is 0 Å². The predicted octanol–water partition coefficient (Wildman–Crippen LogP) is 6.89. The van der Waals surface area contributed by atoms with E-state index in [-0.39, 0.29) is 0 Å². The van der Waals surface area contributed by atoms with Crippen molar-refractivity contribution in [3.8, 4) is 22.6 Å². The molecule has 0 bridgehead atoms. The highest BCUT2D eigenvalue weighted by molar-refractivity contribution is 9.10. The van der Waals surface area contributed by atoms with Gasteiger partial charge in [-0.15, -0.1) is 0 Å². The highest BCUT2D eigenvalue weighted by Gasteiger charge is 2.12. The first-order valence-electron chi connectivity index (χ1n) is 8.07. The highest BCUT2D eigenvalue weighted by Crippen LogP contribution is 2.39. The summed E-state index contributed by atoms with van der Waals surface area (Å²) in [6, 6.07) is 21.5. The Labute approximate surface area is 165 Å². The van der Waals surface area contributed by atoms with E-state index in [2.05, 4.69) is 40.2 Å². The standard InChI is InChI=1S/C22H15BrClO2/c1-25-19-11-9-17-15(4-3-5-18(17)21(19)23)13-6-8-16-14(12-13)7-10-20(26-2)22(16)24/h3,5-12H,1-2H3. The fourth-order valence-corrected chi connectivity index (χ4v) is 4.17. The molecule has 0 fully saturated rings. The number of methoxy groups -OCH3 is 2. The fraction of sp³-hybridized carbons (Fsp3) is 0.0909. The smallest absolute Gasteiger partial charge is 0.138 e. The largest absolute Gasteiger partial charge is 0.496 e. The molecule has 0 aliphatic carbocycles. The van der Waals surface area contributed by atoms with Crippen LogP contribution in [0.5, 0.6) is 11.5 Å².